The second-order valence-electron chi connectivity index (χ2n) is 7.53. The molecule has 31 heavy (non-hydrogen) atoms. The van der Waals surface area contributed by atoms with Crippen molar-refractivity contribution in [1.82, 2.24) is 15.6 Å². The molecule has 1 aliphatic rings. The number of rotatable bonds is 12. The fraction of sp³-hybridized carbons (Fsp3) is 0.500. The summed E-state index contributed by atoms with van der Waals surface area (Å²) in [5.74, 6) is 2.22. The Labute approximate surface area is 185 Å². The smallest absolute Gasteiger partial charge is 0.191 e. The van der Waals surface area contributed by atoms with E-state index in [1.54, 1.807) is 6.20 Å². The molecule has 0 amide bonds. The van der Waals surface area contributed by atoms with Gasteiger partial charge in [0.25, 0.3) is 0 Å². The molecule has 0 bridgehead atoms. The van der Waals surface area contributed by atoms with E-state index in [-0.39, 0.29) is 0 Å². The minimum atomic E-state index is 0.463. The lowest BCUT2D eigenvalue weighted by Crippen LogP contribution is -2.38. The summed E-state index contributed by atoms with van der Waals surface area (Å²) in [7, 11) is 0. The molecule has 2 aromatic rings. The van der Waals surface area contributed by atoms with Crippen molar-refractivity contribution in [3.63, 3.8) is 0 Å². The third-order valence-electron chi connectivity index (χ3n) is 4.94. The van der Waals surface area contributed by atoms with Gasteiger partial charge in [-0.15, -0.1) is 0 Å². The number of ether oxygens (including phenoxy) is 3. The number of pyridine rings is 1. The largest absolute Gasteiger partial charge is 0.487 e. The van der Waals surface area contributed by atoms with Crippen LogP contribution in [-0.4, -0.2) is 50.5 Å². The van der Waals surface area contributed by atoms with Gasteiger partial charge in [-0.2, -0.15) is 0 Å². The van der Waals surface area contributed by atoms with E-state index in [9.17, 15) is 0 Å². The lowest BCUT2D eigenvalue weighted by atomic mass is 10.1. The van der Waals surface area contributed by atoms with Crippen molar-refractivity contribution in [2.75, 3.05) is 39.5 Å². The molecule has 2 heterocycles. The molecule has 1 fully saturated rings. The Balaban J connectivity index is 1.35. The van der Waals surface area contributed by atoms with E-state index >= 15 is 0 Å². The highest BCUT2D eigenvalue weighted by Crippen LogP contribution is 2.14. The Hall–Kier alpha value is -2.64. The van der Waals surface area contributed by atoms with Crippen molar-refractivity contribution in [3.05, 3.63) is 59.9 Å². The third kappa shape index (κ3) is 8.94. The molecule has 1 atom stereocenters. The van der Waals surface area contributed by atoms with Gasteiger partial charge >= 0.3 is 0 Å². The first-order valence-electron chi connectivity index (χ1n) is 11.1. The molecule has 3 rings (SSSR count). The van der Waals surface area contributed by atoms with Gasteiger partial charge in [0, 0.05) is 38.4 Å². The molecule has 0 radical (unpaired) electrons. The molecule has 1 aromatic carbocycles. The molecule has 1 aromatic heterocycles. The number of benzene rings is 1. The van der Waals surface area contributed by atoms with Crippen LogP contribution in [-0.2, 0) is 22.6 Å². The SMILES string of the molecule is CCNC(=NCc1ccc(OCc2ccccn2)cc1)NCCCOCC1CCOC1. The van der Waals surface area contributed by atoms with Crippen LogP contribution in [0.1, 0.15) is 31.0 Å². The molecule has 1 saturated heterocycles. The Kier molecular flexibility index (Phi) is 10.1. The van der Waals surface area contributed by atoms with Crippen LogP contribution < -0.4 is 15.4 Å². The Morgan fingerprint density at radius 3 is 2.84 bits per heavy atom. The monoisotopic (exact) mass is 426 g/mol. The Morgan fingerprint density at radius 1 is 1.19 bits per heavy atom. The maximum absolute atomic E-state index is 5.79. The van der Waals surface area contributed by atoms with Crippen molar-refractivity contribution in [2.24, 2.45) is 10.9 Å². The number of hydrogen-bond donors (Lipinski definition) is 2. The van der Waals surface area contributed by atoms with Gasteiger partial charge in [-0.3, -0.25) is 4.98 Å². The van der Waals surface area contributed by atoms with Gasteiger partial charge in [-0.25, -0.2) is 4.99 Å². The minimum Gasteiger partial charge on any atom is -0.487 e. The number of aromatic nitrogens is 1. The molecule has 0 aliphatic carbocycles. The lowest BCUT2D eigenvalue weighted by Gasteiger charge is -2.12. The predicted octanol–water partition coefficient (Wildman–Crippen LogP) is 3.16. The average molecular weight is 427 g/mol. The second-order valence-corrected chi connectivity index (χ2v) is 7.53. The summed E-state index contributed by atoms with van der Waals surface area (Å²) in [6, 6.07) is 13.8. The fourth-order valence-corrected chi connectivity index (χ4v) is 3.19. The summed E-state index contributed by atoms with van der Waals surface area (Å²) >= 11 is 0. The molecule has 0 saturated carbocycles. The summed E-state index contributed by atoms with van der Waals surface area (Å²) in [5.41, 5.74) is 2.04. The average Bonchev–Trinajstić information content (AvgIpc) is 3.33. The zero-order valence-electron chi connectivity index (χ0n) is 18.4. The quantitative estimate of drug-likeness (QED) is 0.308. The van der Waals surface area contributed by atoms with Gasteiger partial charge in [0.1, 0.15) is 12.4 Å². The molecule has 7 nitrogen and oxygen atoms in total. The molecular weight excluding hydrogens is 392 g/mol. The Bertz CT molecular complexity index is 762. The van der Waals surface area contributed by atoms with Crippen molar-refractivity contribution >= 4 is 5.96 Å². The van der Waals surface area contributed by atoms with Crippen LogP contribution in [0.5, 0.6) is 5.75 Å². The van der Waals surface area contributed by atoms with Crippen molar-refractivity contribution in [1.29, 1.82) is 0 Å². The minimum absolute atomic E-state index is 0.463. The topological polar surface area (TPSA) is 77.0 Å². The van der Waals surface area contributed by atoms with Gasteiger partial charge in [0.15, 0.2) is 5.96 Å². The van der Waals surface area contributed by atoms with E-state index in [1.807, 2.05) is 42.5 Å². The maximum Gasteiger partial charge on any atom is 0.191 e. The first-order chi connectivity index (χ1) is 15.3. The van der Waals surface area contributed by atoms with Gasteiger partial charge in [0.05, 0.1) is 25.5 Å². The number of nitrogens with one attached hydrogen (secondary N) is 2. The Morgan fingerprint density at radius 2 is 2.10 bits per heavy atom. The van der Waals surface area contributed by atoms with Crippen LogP contribution in [0.15, 0.2) is 53.7 Å². The molecule has 7 heteroatoms. The molecular formula is C24H34N4O3. The molecule has 2 N–H and O–H groups in total. The maximum atomic E-state index is 5.79. The fourth-order valence-electron chi connectivity index (χ4n) is 3.19. The van der Waals surface area contributed by atoms with E-state index in [0.717, 1.165) is 75.3 Å². The summed E-state index contributed by atoms with van der Waals surface area (Å²) in [4.78, 5) is 8.94. The van der Waals surface area contributed by atoms with E-state index in [4.69, 9.17) is 14.2 Å². The first kappa shape index (κ1) is 23.0. The zero-order valence-corrected chi connectivity index (χ0v) is 18.4. The summed E-state index contributed by atoms with van der Waals surface area (Å²) in [5, 5.41) is 6.66. The summed E-state index contributed by atoms with van der Waals surface area (Å²) < 4.78 is 16.9. The molecule has 168 valence electrons. The predicted molar refractivity (Wildman–Crippen MR) is 122 cm³/mol. The van der Waals surface area contributed by atoms with Crippen LogP contribution in [0.25, 0.3) is 0 Å². The second kappa shape index (κ2) is 13.6. The lowest BCUT2D eigenvalue weighted by molar-refractivity contribution is 0.0888. The van der Waals surface area contributed by atoms with Gasteiger partial charge in [-0.05, 0) is 49.6 Å². The first-order valence-corrected chi connectivity index (χ1v) is 11.1. The van der Waals surface area contributed by atoms with Crippen LogP contribution >= 0.6 is 0 Å². The van der Waals surface area contributed by atoms with Gasteiger partial charge in [-0.1, -0.05) is 18.2 Å². The van der Waals surface area contributed by atoms with Gasteiger partial charge < -0.3 is 24.8 Å². The number of hydrogen-bond acceptors (Lipinski definition) is 5. The normalized spacial score (nSPS) is 16.3. The van der Waals surface area contributed by atoms with Crippen molar-refractivity contribution < 1.29 is 14.2 Å². The van der Waals surface area contributed by atoms with E-state index in [0.29, 0.717) is 19.1 Å². The number of nitrogens with zero attached hydrogens (tertiary/aromatic N) is 2. The number of aliphatic imine (C=N–C) groups is 1. The zero-order chi connectivity index (χ0) is 21.6. The van der Waals surface area contributed by atoms with E-state index < -0.39 is 0 Å². The van der Waals surface area contributed by atoms with Crippen molar-refractivity contribution in [3.8, 4) is 5.75 Å². The molecule has 0 spiro atoms. The number of guanidine groups is 1. The van der Waals surface area contributed by atoms with Crippen LogP contribution in [0.3, 0.4) is 0 Å². The molecule has 1 unspecified atom stereocenters. The summed E-state index contributed by atoms with van der Waals surface area (Å²) in [6.45, 7) is 8.05. The van der Waals surface area contributed by atoms with Crippen LogP contribution in [0.2, 0.25) is 0 Å². The molecule has 1 aliphatic heterocycles. The highest BCUT2D eigenvalue weighted by Gasteiger charge is 2.15. The van der Waals surface area contributed by atoms with Gasteiger partial charge in [0.2, 0.25) is 0 Å². The standard InChI is InChI=1S/C24H34N4O3/c1-2-25-24(27-13-5-14-29-17-21-11-15-30-18-21)28-16-20-7-9-23(10-8-20)31-19-22-6-3-4-12-26-22/h3-4,6-10,12,21H,2,5,11,13-19H2,1H3,(H2,25,27,28). The van der Waals surface area contributed by atoms with Crippen LogP contribution in [0, 0.1) is 5.92 Å². The van der Waals surface area contributed by atoms with Crippen molar-refractivity contribution in [2.45, 2.75) is 32.9 Å². The highest BCUT2D eigenvalue weighted by molar-refractivity contribution is 5.79. The third-order valence-corrected chi connectivity index (χ3v) is 4.94. The van der Waals surface area contributed by atoms with E-state index in [1.165, 1.54) is 0 Å². The van der Waals surface area contributed by atoms with Crippen LogP contribution in [0.4, 0.5) is 0 Å². The highest BCUT2D eigenvalue weighted by atomic mass is 16.5. The van der Waals surface area contributed by atoms with E-state index in [2.05, 4.69) is 27.5 Å². The summed E-state index contributed by atoms with van der Waals surface area (Å²) in [6.07, 6.45) is 3.84.